The minimum atomic E-state index is -0.414. The molecule has 0 radical (unpaired) electrons. The average molecular weight is 616 g/mol. The van der Waals surface area contributed by atoms with Gasteiger partial charge in [-0.1, -0.05) is 46.3 Å². The van der Waals surface area contributed by atoms with Crippen LogP contribution in [0.5, 0.6) is 11.5 Å². The molecule has 9 heteroatoms. The van der Waals surface area contributed by atoms with Crippen LogP contribution in [0.2, 0.25) is 0 Å². The Labute approximate surface area is 224 Å². The molecule has 0 bridgehead atoms. The van der Waals surface area contributed by atoms with Crippen LogP contribution in [0.1, 0.15) is 28.4 Å². The van der Waals surface area contributed by atoms with Gasteiger partial charge in [0.2, 0.25) is 0 Å². The topological polar surface area (TPSA) is 77.0 Å². The molecule has 0 spiro atoms. The Kier molecular flexibility index (Phi) is 8.43. The summed E-state index contributed by atoms with van der Waals surface area (Å²) in [4.78, 5) is 29.3. The Balaban J connectivity index is 1.53. The van der Waals surface area contributed by atoms with Gasteiger partial charge in [0.05, 0.1) is 16.0 Å². The Morgan fingerprint density at radius 3 is 2.51 bits per heavy atom. The van der Waals surface area contributed by atoms with Crippen LogP contribution >= 0.6 is 43.6 Å². The fraction of sp³-hybridized carbons (Fsp3) is 0.115. The predicted octanol–water partition coefficient (Wildman–Crippen LogP) is 6.59. The molecular weight excluding hydrogens is 596 g/mol. The molecular formula is C26H20Br2N2O4S. The maximum atomic E-state index is 12.5. The second-order valence-electron chi connectivity index (χ2n) is 7.33. The monoisotopic (exact) mass is 614 g/mol. The first kappa shape index (κ1) is 25.2. The lowest BCUT2D eigenvalue weighted by Crippen LogP contribution is -2.20. The SMILES string of the molecule is CCOc1cc(/C=C2\SC(=NC(=O)c3ccccc3)NC2=O)cc(Br)c1OCc1ccc(Br)cc1. The number of hydrogen-bond donors (Lipinski definition) is 1. The first-order valence-corrected chi connectivity index (χ1v) is 13.1. The summed E-state index contributed by atoms with van der Waals surface area (Å²) in [6.45, 7) is 2.72. The average Bonchev–Trinajstić information content (AvgIpc) is 3.18. The lowest BCUT2D eigenvalue weighted by molar-refractivity contribution is -0.115. The van der Waals surface area contributed by atoms with Gasteiger partial charge in [0, 0.05) is 10.0 Å². The van der Waals surface area contributed by atoms with Crippen LogP contribution in [0.25, 0.3) is 6.08 Å². The molecule has 0 aromatic heterocycles. The zero-order valence-corrected chi connectivity index (χ0v) is 22.6. The first-order chi connectivity index (χ1) is 16.9. The molecule has 0 atom stereocenters. The predicted molar refractivity (Wildman–Crippen MR) is 146 cm³/mol. The van der Waals surface area contributed by atoms with Crippen molar-refractivity contribution in [1.82, 2.24) is 5.32 Å². The molecule has 0 unspecified atom stereocenters. The number of carbonyl (C=O) groups excluding carboxylic acids is 2. The van der Waals surface area contributed by atoms with Gasteiger partial charge in [-0.15, -0.1) is 0 Å². The molecule has 6 nitrogen and oxygen atoms in total. The van der Waals surface area contributed by atoms with E-state index in [1.165, 1.54) is 0 Å². The number of thioether (sulfide) groups is 1. The third-order valence-corrected chi connectivity index (χ3v) is 6.83. The summed E-state index contributed by atoms with van der Waals surface area (Å²) in [6.07, 6.45) is 1.72. The lowest BCUT2D eigenvalue weighted by atomic mass is 10.1. The molecule has 1 N–H and O–H groups in total. The molecule has 1 aliphatic heterocycles. The number of halogens is 2. The minimum Gasteiger partial charge on any atom is -0.490 e. The summed E-state index contributed by atoms with van der Waals surface area (Å²) in [5.74, 6) is 0.404. The highest BCUT2D eigenvalue weighted by atomic mass is 79.9. The van der Waals surface area contributed by atoms with Gasteiger partial charge in [-0.05, 0) is 88.2 Å². The second-order valence-corrected chi connectivity index (χ2v) is 10.1. The fourth-order valence-electron chi connectivity index (χ4n) is 3.18. The highest BCUT2D eigenvalue weighted by Gasteiger charge is 2.25. The van der Waals surface area contributed by atoms with E-state index in [9.17, 15) is 9.59 Å². The van der Waals surface area contributed by atoms with Gasteiger partial charge in [0.25, 0.3) is 11.8 Å². The molecule has 1 heterocycles. The maximum Gasteiger partial charge on any atom is 0.279 e. The zero-order chi connectivity index (χ0) is 24.8. The van der Waals surface area contributed by atoms with Gasteiger partial charge in [-0.2, -0.15) is 4.99 Å². The van der Waals surface area contributed by atoms with Gasteiger partial charge < -0.3 is 14.8 Å². The van der Waals surface area contributed by atoms with E-state index in [2.05, 4.69) is 42.2 Å². The van der Waals surface area contributed by atoms with Gasteiger partial charge in [0.15, 0.2) is 16.7 Å². The number of amidine groups is 1. The summed E-state index contributed by atoms with van der Waals surface area (Å²) < 4.78 is 13.6. The number of carbonyl (C=O) groups is 2. The molecule has 0 saturated carbocycles. The highest BCUT2D eigenvalue weighted by molar-refractivity contribution is 9.10. The summed E-state index contributed by atoms with van der Waals surface area (Å²) in [5, 5.41) is 2.89. The number of benzene rings is 3. The summed E-state index contributed by atoms with van der Waals surface area (Å²) in [6, 6.07) is 20.3. The number of nitrogens with zero attached hydrogens (tertiary/aromatic N) is 1. The normalized spacial score (nSPS) is 15.3. The van der Waals surface area contributed by atoms with Crippen LogP contribution in [0.15, 0.2) is 85.6 Å². The van der Waals surface area contributed by atoms with Crippen LogP contribution in [0.3, 0.4) is 0 Å². The number of aliphatic imine (C=N–C) groups is 1. The van der Waals surface area contributed by atoms with Gasteiger partial charge in [-0.25, -0.2) is 0 Å². The van der Waals surface area contributed by atoms with Crippen molar-refractivity contribution in [3.63, 3.8) is 0 Å². The molecule has 35 heavy (non-hydrogen) atoms. The van der Waals surface area contributed by atoms with Crippen molar-refractivity contribution in [2.45, 2.75) is 13.5 Å². The Morgan fingerprint density at radius 2 is 1.80 bits per heavy atom. The molecule has 1 fully saturated rings. The molecule has 1 saturated heterocycles. The van der Waals surface area contributed by atoms with Gasteiger partial charge in [-0.3, -0.25) is 9.59 Å². The van der Waals surface area contributed by atoms with Crippen molar-refractivity contribution < 1.29 is 19.1 Å². The summed E-state index contributed by atoms with van der Waals surface area (Å²) >= 11 is 8.11. The number of rotatable bonds is 7. The summed E-state index contributed by atoms with van der Waals surface area (Å²) in [5.41, 5.74) is 2.21. The molecule has 4 rings (SSSR count). The highest BCUT2D eigenvalue weighted by Crippen LogP contribution is 2.39. The lowest BCUT2D eigenvalue weighted by Gasteiger charge is -2.15. The number of ether oxygens (including phenoxy) is 2. The molecule has 3 aromatic carbocycles. The Hall–Kier alpha value is -2.88. The van der Waals surface area contributed by atoms with Gasteiger partial charge >= 0.3 is 0 Å². The first-order valence-electron chi connectivity index (χ1n) is 10.7. The fourth-order valence-corrected chi connectivity index (χ4v) is 4.84. The van der Waals surface area contributed by atoms with E-state index in [4.69, 9.17) is 9.47 Å². The number of amides is 2. The third kappa shape index (κ3) is 6.62. The van der Waals surface area contributed by atoms with E-state index in [0.29, 0.717) is 39.7 Å². The van der Waals surface area contributed by atoms with E-state index in [1.807, 2.05) is 49.4 Å². The van der Waals surface area contributed by atoms with Crippen LogP contribution in [0, 0.1) is 0 Å². The smallest absolute Gasteiger partial charge is 0.279 e. The number of nitrogens with one attached hydrogen (secondary N) is 1. The van der Waals surface area contributed by atoms with Crippen molar-refractivity contribution in [2.75, 3.05) is 6.61 Å². The van der Waals surface area contributed by atoms with Crippen LogP contribution < -0.4 is 14.8 Å². The maximum absolute atomic E-state index is 12.5. The molecule has 178 valence electrons. The van der Waals surface area contributed by atoms with Crippen molar-refractivity contribution in [3.05, 3.63) is 97.3 Å². The number of hydrogen-bond acceptors (Lipinski definition) is 5. The van der Waals surface area contributed by atoms with Crippen molar-refractivity contribution in [2.24, 2.45) is 4.99 Å². The van der Waals surface area contributed by atoms with Crippen molar-refractivity contribution >= 4 is 66.7 Å². The molecule has 1 aliphatic rings. The van der Waals surface area contributed by atoms with E-state index < -0.39 is 5.91 Å². The van der Waals surface area contributed by atoms with E-state index in [-0.39, 0.29) is 11.1 Å². The molecule has 0 aliphatic carbocycles. The quantitative estimate of drug-likeness (QED) is 0.304. The van der Waals surface area contributed by atoms with Crippen molar-refractivity contribution in [1.29, 1.82) is 0 Å². The van der Waals surface area contributed by atoms with Crippen LogP contribution in [0.4, 0.5) is 0 Å². The summed E-state index contributed by atoms with van der Waals surface area (Å²) in [7, 11) is 0. The largest absolute Gasteiger partial charge is 0.490 e. The van der Waals surface area contributed by atoms with E-state index >= 15 is 0 Å². The third-order valence-electron chi connectivity index (χ3n) is 4.80. The standard InChI is InChI=1S/C26H20Br2N2O4S/c1-2-33-21-13-17(12-20(28)23(21)34-15-16-8-10-19(27)11-9-16)14-22-25(32)30-26(35-22)29-24(31)18-6-4-3-5-7-18/h3-14H,2,15H2,1H3,(H,29,30,31,32)/b22-14-. The molecule has 2 amide bonds. The van der Waals surface area contributed by atoms with Crippen molar-refractivity contribution in [3.8, 4) is 11.5 Å². The van der Waals surface area contributed by atoms with E-state index in [1.54, 1.807) is 30.3 Å². The van der Waals surface area contributed by atoms with Gasteiger partial charge in [0.1, 0.15) is 6.61 Å². The molecule has 3 aromatic rings. The Bertz CT molecular complexity index is 1310. The van der Waals surface area contributed by atoms with Crippen LogP contribution in [-0.2, 0) is 11.4 Å². The van der Waals surface area contributed by atoms with Crippen LogP contribution in [-0.4, -0.2) is 23.6 Å². The minimum absolute atomic E-state index is 0.244. The zero-order valence-electron chi connectivity index (χ0n) is 18.6. The second kappa shape index (κ2) is 11.7. The Morgan fingerprint density at radius 1 is 1.06 bits per heavy atom. The van der Waals surface area contributed by atoms with E-state index in [0.717, 1.165) is 27.4 Å².